The summed E-state index contributed by atoms with van der Waals surface area (Å²) < 4.78 is 6.51. The predicted octanol–water partition coefficient (Wildman–Crippen LogP) is 4.10. The largest absolute Gasteiger partial charge is 0.481 e. The van der Waals surface area contributed by atoms with Gasteiger partial charge in [-0.05, 0) is 55.7 Å². The van der Waals surface area contributed by atoms with Gasteiger partial charge >= 0.3 is 5.97 Å². The van der Waals surface area contributed by atoms with Gasteiger partial charge in [-0.2, -0.15) is 0 Å². The Hall–Kier alpha value is -1.94. The maximum Gasteiger partial charge on any atom is 0.303 e. The normalized spacial score (nSPS) is 44.3. The van der Waals surface area contributed by atoms with E-state index in [2.05, 4.69) is 19.1 Å². The molecular weight excluding hydrogens is 340 g/mol. The van der Waals surface area contributed by atoms with Gasteiger partial charge in [-0.3, -0.25) is 9.59 Å². The molecule has 1 N–H and O–H groups in total. The van der Waals surface area contributed by atoms with Gasteiger partial charge in [-0.1, -0.05) is 37.3 Å². The molecule has 2 saturated carbocycles. The highest BCUT2D eigenvalue weighted by Gasteiger charge is 2.73. The van der Waals surface area contributed by atoms with Gasteiger partial charge in [0.2, 0.25) is 0 Å². The fraction of sp³-hybridized carbons (Fsp3) is 0.565. The van der Waals surface area contributed by atoms with E-state index in [4.69, 9.17) is 4.74 Å². The van der Waals surface area contributed by atoms with Gasteiger partial charge in [0, 0.05) is 23.2 Å². The average molecular weight is 366 g/mol. The second-order valence-electron chi connectivity index (χ2n) is 9.52. The molecule has 27 heavy (non-hydrogen) atoms. The van der Waals surface area contributed by atoms with E-state index in [-0.39, 0.29) is 35.2 Å². The van der Waals surface area contributed by atoms with Crippen LogP contribution in [0.3, 0.4) is 0 Å². The van der Waals surface area contributed by atoms with Gasteiger partial charge in [-0.25, -0.2) is 0 Å². The molecule has 4 nitrogen and oxygen atoms in total. The van der Waals surface area contributed by atoms with Crippen LogP contribution < -0.4 is 0 Å². The summed E-state index contributed by atoms with van der Waals surface area (Å²) in [4.78, 5) is 24.6. The lowest BCUT2D eigenvalue weighted by Gasteiger charge is -2.57. The number of benzene rings is 1. The van der Waals surface area contributed by atoms with Crippen molar-refractivity contribution in [2.75, 3.05) is 0 Å². The number of ketones is 1. The van der Waals surface area contributed by atoms with Crippen molar-refractivity contribution in [2.24, 2.45) is 22.7 Å². The molecule has 5 unspecified atom stereocenters. The molecule has 0 amide bonds. The van der Waals surface area contributed by atoms with Crippen molar-refractivity contribution in [3.05, 3.63) is 42.0 Å². The van der Waals surface area contributed by atoms with Crippen LogP contribution in [0, 0.1) is 22.7 Å². The lowest BCUT2D eigenvalue weighted by Crippen LogP contribution is -2.57. The first-order chi connectivity index (χ1) is 12.8. The molecule has 6 atom stereocenters. The van der Waals surface area contributed by atoms with E-state index in [1.54, 1.807) is 0 Å². The highest BCUT2D eigenvalue weighted by Crippen LogP contribution is 2.74. The van der Waals surface area contributed by atoms with E-state index in [1.165, 1.54) is 0 Å². The van der Waals surface area contributed by atoms with E-state index in [9.17, 15) is 14.7 Å². The Morgan fingerprint density at radius 3 is 2.67 bits per heavy atom. The third kappa shape index (κ3) is 2.13. The van der Waals surface area contributed by atoms with Gasteiger partial charge < -0.3 is 9.84 Å². The summed E-state index contributed by atoms with van der Waals surface area (Å²) in [5.41, 5.74) is 1.43. The lowest BCUT2D eigenvalue weighted by atomic mass is 9.48. The Kier molecular flexibility index (Phi) is 3.38. The maximum atomic E-state index is 13.4. The van der Waals surface area contributed by atoms with Crippen molar-refractivity contribution >= 4 is 17.3 Å². The minimum Gasteiger partial charge on any atom is -0.481 e. The van der Waals surface area contributed by atoms with Gasteiger partial charge in [-0.15, -0.1) is 0 Å². The maximum absolute atomic E-state index is 13.4. The van der Waals surface area contributed by atoms with E-state index >= 15 is 0 Å². The van der Waals surface area contributed by atoms with Gasteiger partial charge in [0.1, 0.15) is 0 Å². The second kappa shape index (κ2) is 5.32. The molecular formula is C23H26O4. The van der Waals surface area contributed by atoms with E-state index < -0.39 is 11.4 Å². The number of hydrogen-bond donors (Lipinski definition) is 1. The quantitative estimate of drug-likeness (QED) is 0.871. The molecule has 2 heterocycles. The van der Waals surface area contributed by atoms with Crippen LogP contribution in [-0.2, 0) is 14.3 Å². The smallest absolute Gasteiger partial charge is 0.303 e. The number of carboxylic acids is 1. The molecule has 4 bridgehead atoms. The van der Waals surface area contributed by atoms with Crippen molar-refractivity contribution in [1.29, 1.82) is 0 Å². The van der Waals surface area contributed by atoms with Crippen molar-refractivity contribution in [3.63, 3.8) is 0 Å². The molecule has 6 rings (SSSR count). The zero-order valence-electron chi connectivity index (χ0n) is 15.9. The molecule has 5 aliphatic rings. The molecule has 142 valence electrons. The summed E-state index contributed by atoms with van der Waals surface area (Å²) >= 11 is 0. The molecule has 4 fully saturated rings. The minimum atomic E-state index is -0.838. The monoisotopic (exact) mass is 366 g/mol. The Morgan fingerprint density at radius 1 is 1.26 bits per heavy atom. The Bertz CT molecular complexity index is 858. The molecule has 1 aromatic rings. The van der Waals surface area contributed by atoms with E-state index in [0.717, 1.165) is 30.4 Å². The zero-order chi connectivity index (χ0) is 19.0. The summed E-state index contributed by atoms with van der Waals surface area (Å²) in [6, 6.07) is 10.3. The molecule has 4 heteroatoms. The SMILES string of the molecule is CC12CC34CC1CC(O2)C3[C@](C)(CCC(=O)O)C(=O)C=C4c1ccccc1. The van der Waals surface area contributed by atoms with Crippen LogP contribution in [0.5, 0.6) is 0 Å². The van der Waals surface area contributed by atoms with E-state index in [0.29, 0.717) is 12.3 Å². The van der Waals surface area contributed by atoms with Crippen LogP contribution in [0.2, 0.25) is 0 Å². The number of carboxylic acid groups (broad SMARTS) is 1. The predicted molar refractivity (Wildman–Crippen MR) is 101 cm³/mol. The first-order valence-corrected chi connectivity index (χ1v) is 10.0. The summed E-state index contributed by atoms with van der Waals surface area (Å²) in [7, 11) is 0. The number of ether oxygens (including phenoxy) is 1. The molecule has 0 aromatic heterocycles. The number of aliphatic carboxylic acids is 1. The molecule has 1 aromatic carbocycles. The van der Waals surface area contributed by atoms with Crippen molar-refractivity contribution in [2.45, 2.75) is 57.7 Å². The third-order valence-corrected chi connectivity index (χ3v) is 8.05. The van der Waals surface area contributed by atoms with Crippen molar-refractivity contribution < 1.29 is 19.4 Å². The Morgan fingerprint density at radius 2 is 2.00 bits per heavy atom. The van der Waals surface area contributed by atoms with Crippen LogP contribution in [0.1, 0.15) is 51.5 Å². The third-order valence-electron chi connectivity index (χ3n) is 8.05. The van der Waals surface area contributed by atoms with Gasteiger partial charge in [0.25, 0.3) is 0 Å². The fourth-order valence-electron chi connectivity index (χ4n) is 7.06. The van der Waals surface area contributed by atoms with Crippen molar-refractivity contribution in [1.82, 2.24) is 0 Å². The topological polar surface area (TPSA) is 63.6 Å². The first-order valence-electron chi connectivity index (χ1n) is 10.0. The number of hydrogen-bond acceptors (Lipinski definition) is 3. The standard InChI is InChI=1S/C23H26O4/c1-21(9-8-19(25)26)18(24)11-16(14-6-4-3-5-7-14)23-12-15-10-17(20(21)23)27-22(15,2)13-23/h3-7,11,15,17,20H,8-10,12-13H2,1-2H3,(H,25,26)/t15?,17?,20?,21-,22?,23?/m1/s1. The van der Waals surface area contributed by atoms with Crippen LogP contribution in [0.15, 0.2) is 36.4 Å². The van der Waals surface area contributed by atoms with Gasteiger partial charge in [0.15, 0.2) is 5.78 Å². The molecule has 2 aliphatic heterocycles. The first kappa shape index (κ1) is 17.2. The Labute approximate surface area is 159 Å². The number of carbonyl (C=O) groups excluding carboxylic acids is 1. The number of allylic oxidation sites excluding steroid dienone is 2. The number of carbonyl (C=O) groups is 2. The molecule has 2 saturated heterocycles. The van der Waals surface area contributed by atoms with Crippen LogP contribution in [0.25, 0.3) is 5.57 Å². The van der Waals surface area contributed by atoms with Crippen LogP contribution in [-0.4, -0.2) is 28.6 Å². The summed E-state index contributed by atoms with van der Waals surface area (Å²) in [5.74, 6) is -0.178. The molecule has 3 aliphatic carbocycles. The summed E-state index contributed by atoms with van der Waals surface area (Å²) in [5, 5.41) is 9.26. The molecule has 1 spiro atoms. The minimum absolute atomic E-state index is 0.0246. The summed E-state index contributed by atoms with van der Waals surface area (Å²) in [6.07, 6.45) is 5.29. The highest BCUT2D eigenvalue weighted by atomic mass is 16.5. The zero-order valence-corrected chi connectivity index (χ0v) is 15.9. The van der Waals surface area contributed by atoms with Crippen LogP contribution in [0.4, 0.5) is 0 Å². The average Bonchev–Trinajstić information content (AvgIpc) is 2.99. The molecule has 0 radical (unpaired) electrons. The van der Waals surface area contributed by atoms with Crippen molar-refractivity contribution in [3.8, 4) is 0 Å². The fourth-order valence-corrected chi connectivity index (χ4v) is 7.06. The number of rotatable bonds is 4. The van der Waals surface area contributed by atoms with Crippen LogP contribution >= 0.6 is 0 Å². The Balaban J connectivity index is 1.68. The highest BCUT2D eigenvalue weighted by molar-refractivity contribution is 6.04. The summed E-state index contributed by atoms with van der Waals surface area (Å²) in [6.45, 7) is 4.22. The van der Waals surface area contributed by atoms with Gasteiger partial charge in [0.05, 0.1) is 11.7 Å². The second-order valence-corrected chi connectivity index (χ2v) is 9.52. The van der Waals surface area contributed by atoms with E-state index in [1.807, 2.05) is 31.2 Å². The lowest BCUT2D eigenvalue weighted by molar-refractivity contribution is -0.167.